The maximum absolute atomic E-state index is 13.5. The Balaban J connectivity index is 1.71. The van der Waals surface area contributed by atoms with Gasteiger partial charge >= 0.3 is 0 Å². The first-order valence-corrected chi connectivity index (χ1v) is 10.3. The molecule has 0 radical (unpaired) electrons. The molecule has 0 saturated carbocycles. The molecule has 0 saturated heterocycles. The lowest BCUT2D eigenvalue weighted by atomic mass is 9.93. The first kappa shape index (κ1) is 19.1. The fourth-order valence-corrected chi connectivity index (χ4v) is 4.39. The molecule has 2 amide bonds. The van der Waals surface area contributed by atoms with Gasteiger partial charge in [0.15, 0.2) is 5.13 Å². The van der Waals surface area contributed by atoms with E-state index >= 15 is 0 Å². The van der Waals surface area contributed by atoms with Crippen molar-refractivity contribution in [2.24, 2.45) is 0 Å². The highest BCUT2D eigenvalue weighted by Gasteiger charge is 2.31. The fraction of sp³-hybridized carbons (Fsp3) is 0.174. The summed E-state index contributed by atoms with van der Waals surface area (Å²) >= 11 is 1.43. The molecule has 0 N–H and O–H groups in total. The van der Waals surface area contributed by atoms with Gasteiger partial charge in [0.1, 0.15) is 0 Å². The van der Waals surface area contributed by atoms with E-state index in [9.17, 15) is 9.59 Å². The first-order valence-electron chi connectivity index (χ1n) is 9.41. The number of aromatic nitrogens is 1. The minimum Gasteiger partial charge on any atom is -0.311 e. The number of benzene rings is 2. The average Bonchev–Trinajstić information content (AvgIpc) is 3.14. The summed E-state index contributed by atoms with van der Waals surface area (Å²) in [5, 5.41) is 2.56. The maximum Gasteiger partial charge on any atom is 0.235 e. The van der Waals surface area contributed by atoms with Crippen molar-refractivity contribution in [2.75, 3.05) is 4.90 Å². The molecule has 0 bridgehead atoms. The Hall–Kier alpha value is -3.25. The monoisotopic (exact) mass is 403 g/mol. The van der Waals surface area contributed by atoms with E-state index < -0.39 is 0 Å². The predicted octanol–water partition coefficient (Wildman–Crippen LogP) is 5.08. The van der Waals surface area contributed by atoms with Gasteiger partial charge in [-0.3, -0.25) is 14.5 Å². The van der Waals surface area contributed by atoms with Crippen molar-refractivity contribution >= 4 is 40.0 Å². The molecule has 0 fully saturated rings. The van der Waals surface area contributed by atoms with E-state index in [1.165, 1.54) is 18.3 Å². The number of para-hydroxylation sites is 1. The number of nitrogens with zero attached hydrogens (tertiary/aromatic N) is 3. The summed E-state index contributed by atoms with van der Waals surface area (Å²) < 4.78 is 0. The van der Waals surface area contributed by atoms with Crippen molar-refractivity contribution in [3.05, 3.63) is 83.0 Å². The highest BCUT2D eigenvalue weighted by molar-refractivity contribution is 7.14. The summed E-state index contributed by atoms with van der Waals surface area (Å²) in [7, 11) is 0. The summed E-state index contributed by atoms with van der Waals surface area (Å²) in [6.45, 7) is 3.43. The van der Waals surface area contributed by atoms with Crippen LogP contribution in [0.1, 0.15) is 36.2 Å². The molecule has 3 aromatic rings. The second-order valence-corrected chi connectivity index (χ2v) is 7.76. The topological polar surface area (TPSA) is 53.5 Å². The zero-order valence-corrected chi connectivity index (χ0v) is 17.1. The zero-order chi connectivity index (χ0) is 20.4. The predicted molar refractivity (Wildman–Crippen MR) is 116 cm³/mol. The number of anilines is 2. The first-order chi connectivity index (χ1) is 14.0. The number of aryl methyl sites for hydroxylation is 1. The van der Waals surface area contributed by atoms with E-state index in [1.807, 2.05) is 73.0 Å². The number of fused-ring (bicyclic) bond motifs is 1. The van der Waals surface area contributed by atoms with Crippen LogP contribution in [0.4, 0.5) is 10.8 Å². The van der Waals surface area contributed by atoms with Crippen molar-refractivity contribution in [1.82, 2.24) is 9.88 Å². The molecule has 6 heteroatoms. The number of hydrogen-bond donors (Lipinski definition) is 0. The van der Waals surface area contributed by atoms with Crippen molar-refractivity contribution < 1.29 is 9.59 Å². The number of amides is 2. The van der Waals surface area contributed by atoms with E-state index in [0.29, 0.717) is 5.13 Å². The molecular formula is C23H21N3O2S. The Morgan fingerprint density at radius 2 is 1.83 bits per heavy atom. The summed E-state index contributed by atoms with van der Waals surface area (Å²) in [6.07, 6.45) is 3.84. The van der Waals surface area contributed by atoms with Gasteiger partial charge < -0.3 is 4.90 Å². The molecule has 2 aromatic carbocycles. The second kappa shape index (κ2) is 8.01. The van der Waals surface area contributed by atoms with Crippen molar-refractivity contribution in [3.63, 3.8) is 0 Å². The minimum absolute atomic E-state index is 0.0927. The number of thiazole rings is 1. The van der Waals surface area contributed by atoms with E-state index in [0.717, 1.165) is 22.5 Å². The van der Waals surface area contributed by atoms with Crippen LogP contribution in [0.25, 0.3) is 6.08 Å². The van der Waals surface area contributed by atoms with Crippen LogP contribution in [-0.2, 0) is 9.59 Å². The van der Waals surface area contributed by atoms with Crippen molar-refractivity contribution in [3.8, 4) is 0 Å². The van der Waals surface area contributed by atoms with Crippen LogP contribution in [-0.4, -0.2) is 21.7 Å². The second-order valence-electron chi connectivity index (χ2n) is 6.93. The number of rotatable bonds is 4. The van der Waals surface area contributed by atoms with Gasteiger partial charge in [-0.05, 0) is 36.3 Å². The SMILES string of the molecule is CC(=O)N1C=Cc2ccccc2C1CC(=O)N(c1ccccc1)c1nc(C)cs1. The van der Waals surface area contributed by atoms with Gasteiger partial charge in [0.2, 0.25) is 11.8 Å². The third kappa shape index (κ3) is 3.84. The molecular weight excluding hydrogens is 382 g/mol. The standard InChI is InChI=1S/C23H21N3O2S/c1-16-15-29-23(24-16)26(19-9-4-3-5-10-19)22(28)14-21-20-11-7-6-8-18(20)12-13-25(21)17(2)27/h3-13,15,21H,14H2,1-2H3. The average molecular weight is 404 g/mol. The van der Waals surface area contributed by atoms with Crippen LogP contribution in [0.5, 0.6) is 0 Å². The van der Waals surface area contributed by atoms with E-state index in [4.69, 9.17) is 0 Å². The number of hydrogen-bond acceptors (Lipinski definition) is 4. The van der Waals surface area contributed by atoms with Gasteiger partial charge in [0, 0.05) is 18.5 Å². The molecule has 146 valence electrons. The summed E-state index contributed by atoms with van der Waals surface area (Å²) in [5.41, 5.74) is 3.64. The Morgan fingerprint density at radius 3 is 2.52 bits per heavy atom. The molecule has 4 rings (SSSR count). The molecule has 1 aliphatic rings. The normalized spacial score (nSPS) is 15.1. The smallest absolute Gasteiger partial charge is 0.235 e. The van der Waals surface area contributed by atoms with Crippen LogP contribution in [0, 0.1) is 6.92 Å². The molecule has 5 nitrogen and oxygen atoms in total. The van der Waals surface area contributed by atoms with Crippen molar-refractivity contribution in [1.29, 1.82) is 0 Å². The maximum atomic E-state index is 13.5. The third-order valence-corrected chi connectivity index (χ3v) is 5.84. The van der Waals surface area contributed by atoms with Crippen molar-refractivity contribution in [2.45, 2.75) is 26.3 Å². The molecule has 1 aliphatic heterocycles. The lowest BCUT2D eigenvalue weighted by molar-refractivity contribution is -0.129. The quantitative estimate of drug-likeness (QED) is 0.610. The molecule has 1 unspecified atom stereocenters. The largest absolute Gasteiger partial charge is 0.311 e. The van der Waals surface area contributed by atoms with Crippen LogP contribution in [0.2, 0.25) is 0 Å². The molecule has 29 heavy (non-hydrogen) atoms. The summed E-state index contributed by atoms with van der Waals surface area (Å²) in [4.78, 5) is 33.6. The Morgan fingerprint density at radius 1 is 1.10 bits per heavy atom. The third-order valence-electron chi connectivity index (χ3n) is 4.90. The lowest BCUT2D eigenvalue weighted by Gasteiger charge is -2.33. The molecule has 1 aromatic heterocycles. The minimum atomic E-state index is -0.353. The highest BCUT2D eigenvalue weighted by Crippen LogP contribution is 2.36. The number of carbonyl (C=O) groups is 2. The van der Waals surface area contributed by atoms with Crippen LogP contribution >= 0.6 is 11.3 Å². The van der Waals surface area contributed by atoms with Gasteiger partial charge in [-0.2, -0.15) is 0 Å². The summed E-state index contributed by atoms with van der Waals surface area (Å²) in [6, 6.07) is 17.0. The highest BCUT2D eigenvalue weighted by atomic mass is 32.1. The Bertz CT molecular complexity index is 1070. The molecule has 0 aliphatic carbocycles. The Kier molecular flexibility index (Phi) is 5.27. The summed E-state index contributed by atoms with van der Waals surface area (Å²) in [5.74, 6) is -0.197. The Labute approximate surface area is 173 Å². The van der Waals surface area contributed by atoms with Gasteiger partial charge in [0.05, 0.1) is 23.8 Å². The molecule has 2 heterocycles. The zero-order valence-electron chi connectivity index (χ0n) is 16.3. The molecule has 1 atom stereocenters. The van der Waals surface area contributed by atoms with Gasteiger partial charge in [-0.1, -0.05) is 42.5 Å². The van der Waals surface area contributed by atoms with Crippen LogP contribution in [0.3, 0.4) is 0 Å². The van der Waals surface area contributed by atoms with Gasteiger partial charge in [-0.15, -0.1) is 11.3 Å². The van der Waals surface area contributed by atoms with E-state index in [1.54, 1.807) is 16.0 Å². The fourth-order valence-electron chi connectivity index (χ4n) is 3.55. The van der Waals surface area contributed by atoms with Gasteiger partial charge in [-0.25, -0.2) is 4.98 Å². The van der Waals surface area contributed by atoms with Crippen LogP contribution in [0.15, 0.2) is 66.2 Å². The van der Waals surface area contributed by atoms with Crippen LogP contribution < -0.4 is 4.90 Å². The van der Waals surface area contributed by atoms with Gasteiger partial charge in [0.25, 0.3) is 0 Å². The number of carbonyl (C=O) groups excluding carboxylic acids is 2. The lowest BCUT2D eigenvalue weighted by Crippen LogP contribution is -2.35. The molecule has 0 spiro atoms. The van der Waals surface area contributed by atoms with E-state index in [2.05, 4.69) is 4.98 Å². The van der Waals surface area contributed by atoms with E-state index in [-0.39, 0.29) is 24.3 Å².